The number of aryl methyl sites for hydroxylation is 1. The summed E-state index contributed by atoms with van der Waals surface area (Å²) < 4.78 is 8.56. The van der Waals surface area contributed by atoms with Gasteiger partial charge in [-0.25, -0.2) is 4.98 Å². The van der Waals surface area contributed by atoms with E-state index in [0.717, 1.165) is 40.2 Å². The Morgan fingerprint density at radius 1 is 1.13 bits per heavy atom. The second-order valence-corrected chi connectivity index (χ2v) is 9.39. The molecule has 1 aromatic heterocycles. The van der Waals surface area contributed by atoms with Gasteiger partial charge in [0.15, 0.2) is 5.13 Å². The molecule has 0 spiro atoms. The van der Waals surface area contributed by atoms with Crippen LogP contribution in [0.4, 0.5) is 10.8 Å². The zero-order valence-corrected chi connectivity index (χ0v) is 18.6. The smallest absolute Gasteiger partial charge is 0.257 e. The molecule has 0 fully saturated rings. The Kier molecular flexibility index (Phi) is 5.53. The van der Waals surface area contributed by atoms with E-state index in [4.69, 9.17) is 4.74 Å². The highest BCUT2D eigenvalue weighted by Crippen LogP contribution is 2.35. The molecule has 156 valence electrons. The lowest BCUT2D eigenvalue weighted by Crippen LogP contribution is -2.22. The van der Waals surface area contributed by atoms with Crippen LogP contribution in [-0.2, 0) is 6.42 Å². The van der Waals surface area contributed by atoms with Gasteiger partial charge < -0.3 is 9.04 Å². The molecule has 0 atom stereocenters. The molecule has 0 aliphatic carbocycles. The van der Waals surface area contributed by atoms with Crippen LogP contribution in [-0.4, -0.2) is 24.5 Å². The van der Waals surface area contributed by atoms with E-state index in [-0.39, 0.29) is 5.91 Å². The zero-order valence-electron chi connectivity index (χ0n) is 17.0. The van der Waals surface area contributed by atoms with Crippen LogP contribution in [0.3, 0.4) is 0 Å². The SMILES string of the molecule is COc1ccc2nc(NC(=O)c3cccc(SN4CCCc5ccccc54)c3)sc2c1. The van der Waals surface area contributed by atoms with Gasteiger partial charge in [0.25, 0.3) is 5.91 Å². The molecule has 0 unspecified atom stereocenters. The average Bonchev–Trinajstić information content (AvgIpc) is 3.21. The number of thiazole rings is 1. The first-order chi connectivity index (χ1) is 15.2. The summed E-state index contributed by atoms with van der Waals surface area (Å²) in [5.74, 6) is 0.616. The zero-order chi connectivity index (χ0) is 21.2. The molecule has 1 N–H and O–H groups in total. The number of nitrogens with one attached hydrogen (secondary N) is 1. The maximum Gasteiger partial charge on any atom is 0.257 e. The van der Waals surface area contributed by atoms with Gasteiger partial charge in [-0.3, -0.25) is 10.1 Å². The van der Waals surface area contributed by atoms with Gasteiger partial charge in [0.05, 0.1) is 23.0 Å². The Labute approximate surface area is 189 Å². The molecule has 1 aliphatic heterocycles. The minimum atomic E-state index is -0.160. The Bertz CT molecular complexity index is 1250. The average molecular weight is 448 g/mol. The summed E-state index contributed by atoms with van der Waals surface area (Å²) in [6.45, 7) is 0.993. The summed E-state index contributed by atoms with van der Waals surface area (Å²) in [6.07, 6.45) is 2.25. The number of hydrogen-bond donors (Lipinski definition) is 1. The van der Waals surface area contributed by atoms with Crippen LogP contribution < -0.4 is 14.4 Å². The van der Waals surface area contributed by atoms with Crippen molar-refractivity contribution in [2.24, 2.45) is 0 Å². The van der Waals surface area contributed by atoms with Crippen molar-refractivity contribution in [2.45, 2.75) is 17.7 Å². The Balaban J connectivity index is 1.33. The number of amides is 1. The van der Waals surface area contributed by atoms with Gasteiger partial charge in [-0.15, -0.1) is 0 Å². The first kappa shape index (κ1) is 19.9. The molecule has 2 heterocycles. The largest absolute Gasteiger partial charge is 0.497 e. The summed E-state index contributed by atoms with van der Waals surface area (Å²) in [7, 11) is 1.64. The highest BCUT2D eigenvalue weighted by molar-refractivity contribution is 8.00. The number of benzene rings is 3. The molecule has 1 aliphatic rings. The number of nitrogens with zero attached hydrogens (tertiary/aromatic N) is 2. The van der Waals surface area contributed by atoms with E-state index >= 15 is 0 Å². The summed E-state index contributed by atoms with van der Waals surface area (Å²) in [6, 6.07) is 22.0. The number of carbonyl (C=O) groups excluding carboxylic acids is 1. The number of fused-ring (bicyclic) bond motifs is 2. The summed E-state index contributed by atoms with van der Waals surface area (Å²) in [5.41, 5.74) is 4.10. The molecule has 5 rings (SSSR count). The van der Waals surface area contributed by atoms with Crippen LogP contribution >= 0.6 is 23.3 Å². The molecular formula is C24H21N3O2S2. The molecule has 5 nitrogen and oxygen atoms in total. The fourth-order valence-electron chi connectivity index (χ4n) is 3.67. The van der Waals surface area contributed by atoms with E-state index in [1.807, 2.05) is 42.5 Å². The topological polar surface area (TPSA) is 54.5 Å². The summed E-state index contributed by atoms with van der Waals surface area (Å²) in [5, 5.41) is 3.52. The molecule has 0 saturated carbocycles. The van der Waals surface area contributed by atoms with Crippen molar-refractivity contribution < 1.29 is 9.53 Å². The first-order valence-electron chi connectivity index (χ1n) is 10.1. The van der Waals surface area contributed by atoms with E-state index in [9.17, 15) is 4.79 Å². The lowest BCUT2D eigenvalue weighted by molar-refractivity contribution is 0.102. The third-order valence-corrected chi connectivity index (χ3v) is 7.19. The van der Waals surface area contributed by atoms with Gasteiger partial charge in [-0.05, 0) is 72.8 Å². The van der Waals surface area contributed by atoms with Crippen molar-refractivity contribution in [1.29, 1.82) is 0 Å². The Hall–Kier alpha value is -3.03. The van der Waals surface area contributed by atoms with Crippen LogP contribution in [0.5, 0.6) is 5.75 Å². The maximum absolute atomic E-state index is 12.9. The summed E-state index contributed by atoms with van der Waals surface area (Å²) in [4.78, 5) is 18.4. The predicted octanol–water partition coefficient (Wildman–Crippen LogP) is 6.02. The van der Waals surface area contributed by atoms with Crippen molar-refractivity contribution >= 4 is 50.2 Å². The van der Waals surface area contributed by atoms with Crippen molar-refractivity contribution in [3.63, 3.8) is 0 Å². The standard InChI is InChI=1S/C24H21N3O2S2/c1-29-18-11-12-20-22(15-18)30-24(25-20)26-23(28)17-7-4-9-19(14-17)31-27-13-5-8-16-6-2-3-10-21(16)27/h2-4,6-7,9-12,14-15H,5,8,13H2,1H3,(H,25,26,28). The number of aromatic nitrogens is 1. The molecule has 0 saturated heterocycles. The second-order valence-electron chi connectivity index (χ2n) is 7.26. The number of ether oxygens (including phenoxy) is 1. The van der Waals surface area contributed by atoms with Gasteiger partial charge >= 0.3 is 0 Å². The quantitative estimate of drug-likeness (QED) is 0.379. The lowest BCUT2D eigenvalue weighted by atomic mass is 10.0. The van der Waals surface area contributed by atoms with Crippen molar-refractivity contribution in [3.8, 4) is 5.75 Å². The number of carbonyl (C=O) groups is 1. The molecular weight excluding hydrogens is 426 g/mol. The fraction of sp³-hybridized carbons (Fsp3) is 0.167. The fourth-order valence-corrected chi connectivity index (χ4v) is 5.63. The van der Waals surface area contributed by atoms with Gasteiger partial charge in [-0.2, -0.15) is 0 Å². The molecule has 31 heavy (non-hydrogen) atoms. The number of para-hydroxylation sites is 1. The number of methoxy groups -OCH3 is 1. The number of hydrogen-bond acceptors (Lipinski definition) is 6. The third-order valence-electron chi connectivity index (χ3n) is 5.20. The highest BCUT2D eigenvalue weighted by atomic mass is 32.2. The minimum Gasteiger partial charge on any atom is -0.497 e. The Morgan fingerprint density at radius 2 is 2.03 bits per heavy atom. The van der Waals surface area contributed by atoms with E-state index in [2.05, 4.69) is 38.9 Å². The molecule has 7 heteroatoms. The van der Waals surface area contributed by atoms with Gasteiger partial charge in [0.2, 0.25) is 0 Å². The van der Waals surface area contributed by atoms with Crippen LogP contribution in [0.2, 0.25) is 0 Å². The monoisotopic (exact) mass is 447 g/mol. The van der Waals surface area contributed by atoms with E-state index in [0.29, 0.717) is 10.7 Å². The van der Waals surface area contributed by atoms with Crippen LogP contribution in [0.25, 0.3) is 10.2 Å². The van der Waals surface area contributed by atoms with Gasteiger partial charge in [0, 0.05) is 17.0 Å². The van der Waals surface area contributed by atoms with Crippen molar-refractivity contribution in [1.82, 2.24) is 4.98 Å². The normalized spacial score (nSPS) is 13.1. The van der Waals surface area contributed by atoms with E-state index in [1.165, 1.54) is 22.6 Å². The second kappa shape index (κ2) is 8.61. The van der Waals surface area contributed by atoms with E-state index < -0.39 is 0 Å². The van der Waals surface area contributed by atoms with Gasteiger partial charge in [-0.1, -0.05) is 35.6 Å². The van der Waals surface area contributed by atoms with Crippen molar-refractivity contribution in [2.75, 3.05) is 23.3 Å². The van der Waals surface area contributed by atoms with Crippen LogP contribution in [0, 0.1) is 0 Å². The Morgan fingerprint density at radius 3 is 2.94 bits per heavy atom. The highest BCUT2D eigenvalue weighted by Gasteiger charge is 2.18. The molecule has 3 aromatic carbocycles. The third kappa shape index (κ3) is 4.24. The number of anilines is 2. The first-order valence-corrected chi connectivity index (χ1v) is 11.7. The number of rotatable bonds is 5. The molecule has 4 aromatic rings. The summed E-state index contributed by atoms with van der Waals surface area (Å²) >= 11 is 3.12. The predicted molar refractivity (Wildman–Crippen MR) is 129 cm³/mol. The minimum absolute atomic E-state index is 0.160. The van der Waals surface area contributed by atoms with Crippen molar-refractivity contribution in [3.05, 3.63) is 77.9 Å². The van der Waals surface area contributed by atoms with E-state index in [1.54, 1.807) is 19.1 Å². The lowest BCUT2D eigenvalue weighted by Gasteiger charge is -2.29. The van der Waals surface area contributed by atoms with Crippen LogP contribution in [0.1, 0.15) is 22.3 Å². The van der Waals surface area contributed by atoms with Gasteiger partial charge in [0.1, 0.15) is 5.75 Å². The molecule has 1 amide bonds. The molecule has 0 bridgehead atoms. The molecule has 0 radical (unpaired) electrons. The maximum atomic E-state index is 12.9. The van der Waals surface area contributed by atoms with Crippen LogP contribution in [0.15, 0.2) is 71.6 Å².